The van der Waals surface area contributed by atoms with Crippen LogP contribution in [0.3, 0.4) is 0 Å². The van der Waals surface area contributed by atoms with Gasteiger partial charge >= 0.3 is 0 Å². The largest absolute Gasteiger partial charge is 0.0661 e. The predicted octanol–water partition coefficient (Wildman–Crippen LogP) is 3.84. The molecule has 9 fully saturated rings. The molecule has 0 nitrogen and oxygen atoms in total. The van der Waals surface area contributed by atoms with Crippen LogP contribution in [0.5, 0.6) is 0 Å². The van der Waals surface area contributed by atoms with E-state index in [9.17, 15) is 0 Å². The average Bonchev–Trinajstić information content (AvgIpc) is 3.16. The molecular weight excluding hydrogens is 264 g/mol. The average molecular weight is 288 g/mol. The fourth-order valence-electron chi connectivity index (χ4n) is 14.6. The van der Waals surface area contributed by atoms with Crippen molar-refractivity contribution in [3.05, 3.63) is 11.1 Å². The minimum atomic E-state index is 0.742. The first-order valence-electron chi connectivity index (χ1n) is 10.4. The first-order chi connectivity index (χ1) is 10.7. The second-order valence-electron chi connectivity index (χ2n) is 12.0. The Labute approximate surface area is 132 Å². The van der Waals surface area contributed by atoms with Gasteiger partial charge in [0, 0.05) is 0 Å². The first-order valence-corrected chi connectivity index (χ1v) is 10.4. The van der Waals surface area contributed by atoms with E-state index in [1.807, 2.05) is 0 Å². The predicted molar refractivity (Wildman–Crippen MR) is 81.3 cm³/mol. The quantitative estimate of drug-likeness (QED) is 0.594. The summed E-state index contributed by atoms with van der Waals surface area (Å²) in [5.74, 6) is 16.6. The van der Waals surface area contributed by atoms with Crippen LogP contribution in [0, 0.1) is 93.7 Å². The van der Waals surface area contributed by atoms with E-state index < -0.39 is 0 Å². The zero-order valence-corrected chi connectivity index (χ0v) is 13.5. The first kappa shape index (κ1) is 9.90. The van der Waals surface area contributed by atoms with E-state index in [-0.39, 0.29) is 0 Å². The van der Waals surface area contributed by atoms with Crippen LogP contribution in [0.1, 0.15) is 26.7 Å². The Morgan fingerprint density at radius 2 is 1.59 bits per heavy atom. The Balaban J connectivity index is 1.54. The van der Waals surface area contributed by atoms with Crippen molar-refractivity contribution >= 4 is 0 Å². The highest BCUT2D eigenvalue weighted by atomic mass is 15.0. The number of hydrogen-bond donors (Lipinski definition) is 0. The summed E-state index contributed by atoms with van der Waals surface area (Å²) in [6.07, 6.45) is 3.28. The standard InChI is InChI=1S/C22H24/c1-21-15-5-3-7-11-9(5)17(21)13-14-18(21)10-6(15)4-8-12(10)20(14)22(2,16(7)8)19(11)13/h5-7,9-15,17-20H,3-4H2,1-2H3/t5-,6-,7+,9+,10-,11-,12-,13+,14-,15+,17+,18-,19+,20-,21+,22-/m1/s1. The lowest BCUT2D eigenvalue weighted by Crippen LogP contribution is -2.35. The highest BCUT2D eigenvalue weighted by Crippen LogP contribution is 3.00. The summed E-state index contributed by atoms with van der Waals surface area (Å²) in [5.41, 5.74) is 5.89. The molecule has 0 aliphatic heterocycles. The smallest absolute Gasteiger partial charge is 0.00398 e. The fourth-order valence-corrected chi connectivity index (χ4v) is 14.6. The van der Waals surface area contributed by atoms with Crippen molar-refractivity contribution in [2.75, 3.05) is 0 Å². The van der Waals surface area contributed by atoms with Crippen LogP contribution >= 0.6 is 0 Å². The lowest BCUT2D eigenvalue weighted by molar-refractivity contribution is 0.0994. The second-order valence-corrected chi connectivity index (χ2v) is 12.0. The Hall–Kier alpha value is -0.260. The van der Waals surface area contributed by atoms with Gasteiger partial charge < -0.3 is 0 Å². The van der Waals surface area contributed by atoms with Crippen molar-refractivity contribution in [1.82, 2.24) is 0 Å². The van der Waals surface area contributed by atoms with E-state index in [1.54, 1.807) is 12.8 Å². The van der Waals surface area contributed by atoms with Crippen molar-refractivity contribution in [3.8, 4) is 0 Å². The number of rotatable bonds is 0. The number of hydrogen-bond acceptors (Lipinski definition) is 0. The molecule has 9 saturated carbocycles. The van der Waals surface area contributed by atoms with Gasteiger partial charge in [0.2, 0.25) is 0 Å². The van der Waals surface area contributed by atoms with E-state index >= 15 is 0 Å². The topological polar surface area (TPSA) is 0 Å². The minimum Gasteiger partial charge on any atom is -0.0661 e. The molecule has 10 aliphatic carbocycles. The highest BCUT2D eigenvalue weighted by Gasteiger charge is 2.95. The van der Waals surface area contributed by atoms with Gasteiger partial charge in [-0.3, -0.25) is 0 Å². The molecule has 22 heavy (non-hydrogen) atoms. The lowest BCUT2D eigenvalue weighted by atomic mass is 9.64. The molecule has 0 aromatic carbocycles. The molecule has 0 amide bonds. The van der Waals surface area contributed by atoms with Gasteiger partial charge in [-0.1, -0.05) is 25.0 Å². The van der Waals surface area contributed by atoms with Crippen LogP contribution in [0.2, 0.25) is 0 Å². The molecular formula is C22H24. The molecule has 10 aliphatic rings. The molecule has 10 rings (SSSR count). The summed E-state index contributed by atoms with van der Waals surface area (Å²) in [6, 6.07) is 0. The monoisotopic (exact) mass is 288 g/mol. The van der Waals surface area contributed by atoms with E-state index in [0.29, 0.717) is 0 Å². The maximum atomic E-state index is 2.86. The van der Waals surface area contributed by atoms with Crippen molar-refractivity contribution in [2.24, 2.45) is 93.7 Å². The van der Waals surface area contributed by atoms with Crippen LogP contribution in [0.25, 0.3) is 0 Å². The fraction of sp³-hybridized carbons (Fsp3) is 0.909. The van der Waals surface area contributed by atoms with Gasteiger partial charge in [-0.25, -0.2) is 0 Å². The third-order valence-electron chi connectivity index (χ3n) is 13.2. The maximum Gasteiger partial charge on any atom is -0.00398 e. The third-order valence-corrected chi connectivity index (χ3v) is 13.2. The molecule has 112 valence electrons. The van der Waals surface area contributed by atoms with E-state index in [2.05, 4.69) is 25.0 Å². The zero-order chi connectivity index (χ0) is 13.7. The Bertz CT molecular complexity index is 805. The molecule has 0 radical (unpaired) electrons. The molecule has 0 bridgehead atoms. The summed E-state index contributed by atoms with van der Waals surface area (Å²) >= 11 is 0. The molecule has 0 heterocycles. The molecule has 0 unspecified atom stereocenters. The summed E-state index contributed by atoms with van der Waals surface area (Å²) in [5, 5.41) is 0. The molecule has 16 atom stereocenters. The van der Waals surface area contributed by atoms with E-state index in [4.69, 9.17) is 0 Å². The molecule has 0 N–H and O–H groups in total. The summed E-state index contributed by atoms with van der Waals surface area (Å²) < 4.78 is 0. The minimum absolute atomic E-state index is 0.742. The van der Waals surface area contributed by atoms with Crippen LogP contribution < -0.4 is 0 Å². The van der Waals surface area contributed by atoms with Gasteiger partial charge in [0.1, 0.15) is 0 Å². The molecule has 0 aromatic heterocycles. The van der Waals surface area contributed by atoms with E-state index in [1.165, 1.54) is 71.0 Å². The Morgan fingerprint density at radius 1 is 0.773 bits per heavy atom. The van der Waals surface area contributed by atoms with Gasteiger partial charge in [-0.05, 0) is 107 Å². The van der Waals surface area contributed by atoms with Gasteiger partial charge in [0.25, 0.3) is 0 Å². The Kier molecular flexibility index (Phi) is 0.954. The number of fused-ring (bicyclic) bond motifs is 3. The third kappa shape index (κ3) is 0.484. The van der Waals surface area contributed by atoms with Crippen molar-refractivity contribution < 1.29 is 0 Å². The second kappa shape index (κ2) is 2.12. The van der Waals surface area contributed by atoms with Crippen LogP contribution in [-0.4, -0.2) is 0 Å². The molecule has 0 aromatic rings. The number of allylic oxidation sites excluding steroid dienone is 2. The van der Waals surface area contributed by atoms with Gasteiger partial charge in [-0.2, -0.15) is 0 Å². The van der Waals surface area contributed by atoms with Crippen LogP contribution in [0.4, 0.5) is 0 Å². The lowest BCUT2D eigenvalue weighted by Gasteiger charge is -2.40. The van der Waals surface area contributed by atoms with Crippen molar-refractivity contribution in [1.29, 1.82) is 0 Å². The van der Waals surface area contributed by atoms with Crippen LogP contribution in [-0.2, 0) is 0 Å². The SMILES string of the molecule is C[C@]12C3=C4C[C@@H]5[C@@H]6[C@@H]4[C@@H]1[C@@H]1[C@@H]4[C@@H]2[C@H]2[C@@H]7[C@@H](C[C@H]32)[C@@H]5[C@@](C)([C@H]47)[C@H]61. The van der Waals surface area contributed by atoms with Gasteiger partial charge in [0.15, 0.2) is 0 Å². The molecule has 0 spiro atoms. The van der Waals surface area contributed by atoms with Crippen molar-refractivity contribution in [3.63, 3.8) is 0 Å². The van der Waals surface area contributed by atoms with Crippen LogP contribution in [0.15, 0.2) is 11.1 Å². The summed E-state index contributed by atoms with van der Waals surface area (Å²) in [6.45, 7) is 5.68. The summed E-state index contributed by atoms with van der Waals surface area (Å²) in [4.78, 5) is 0. The Morgan fingerprint density at radius 3 is 2.50 bits per heavy atom. The highest BCUT2D eigenvalue weighted by molar-refractivity contribution is 5.56. The molecule has 0 saturated heterocycles. The van der Waals surface area contributed by atoms with E-state index in [0.717, 1.165) is 22.7 Å². The van der Waals surface area contributed by atoms with Gasteiger partial charge in [-0.15, -0.1) is 0 Å². The van der Waals surface area contributed by atoms with Gasteiger partial charge in [0.05, 0.1) is 0 Å². The molecule has 0 heteroatoms. The normalized spacial score (nSPS) is 91.9. The van der Waals surface area contributed by atoms with Crippen molar-refractivity contribution in [2.45, 2.75) is 26.7 Å². The summed E-state index contributed by atoms with van der Waals surface area (Å²) in [7, 11) is 0. The zero-order valence-electron chi connectivity index (χ0n) is 13.5. The maximum absolute atomic E-state index is 2.86.